The van der Waals surface area contributed by atoms with Crippen LogP contribution in [0.4, 0.5) is 4.39 Å². The van der Waals surface area contributed by atoms with Gasteiger partial charge in [0.15, 0.2) is 0 Å². The van der Waals surface area contributed by atoms with Crippen molar-refractivity contribution < 1.29 is 14.2 Å². The Labute approximate surface area is 127 Å². The third-order valence-corrected chi connectivity index (χ3v) is 3.22. The van der Waals surface area contributed by atoms with E-state index in [0.717, 1.165) is 6.07 Å². The van der Waals surface area contributed by atoms with Crippen molar-refractivity contribution in [3.63, 3.8) is 0 Å². The molecule has 5 heteroatoms. The Morgan fingerprint density at radius 1 is 1.33 bits per heavy atom. The highest BCUT2D eigenvalue weighted by atomic mass is 35.5. The van der Waals surface area contributed by atoms with Gasteiger partial charge in [0.05, 0.1) is 17.7 Å². The zero-order valence-corrected chi connectivity index (χ0v) is 12.1. The summed E-state index contributed by atoms with van der Waals surface area (Å²) in [4.78, 5) is 0. The number of rotatable bonds is 4. The fraction of sp³-hybridized carbons (Fsp3) is 0.188. The smallest absolute Gasteiger partial charge is 0.131 e. The highest BCUT2D eigenvalue weighted by molar-refractivity contribution is 6.30. The molecule has 21 heavy (non-hydrogen) atoms. The van der Waals surface area contributed by atoms with Gasteiger partial charge in [0, 0.05) is 16.1 Å². The van der Waals surface area contributed by atoms with E-state index in [1.54, 1.807) is 25.1 Å². The van der Waals surface area contributed by atoms with Crippen LogP contribution in [0.2, 0.25) is 5.02 Å². The van der Waals surface area contributed by atoms with Crippen LogP contribution in [0, 0.1) is 17.1 Å². The number of halogens is 2. The number of nitrogens with zero attached hydrogens (tertiary/aromatic N) is 1. The molecule has 1 atom stereocenters. The fourth-order valence-electron chi connectivity index (χ4n) is 1.87. The normalized spacial score (nSPS) is 11.8. The summed E-state index contributed by atoms with van der Waals surface area (Å²) in [6, 6.07) is 10.9. The average molecular weight is 306 g/mol. The molecule has 0 radical (unpaired) electrons. The van der Waals surface area contributed by atoms with E-state index in [2.05, 4.69) is 0 Å². The Bertz CT molecular complexity index is 695. The van der Waals surface area contributed by atoms with E-state index in [1.165, 1.54) is 12.1 Å². The molecule has 0 spiro atoms. The number of benzene rings is 2. The minimum absolute atomic E-state index is 0.00110. The van der Waals surface area contributed by atoms with Crippen LogP contribution in [-0.2, 0) is 6.61 Å². The summed E-state index contributed by atoms with van der Waals surface area (Å²) in [7, 11) is 0. The Morgan fingerprint density at radius 3 is 2.71 bits per heavy atom. The fourth-order valence-corrected chi connectivity index (χ4v) is 2.05. The van der Waals surface area contributed by atoms with Crippen LogP contribution in [0.1, 0.15) is 29.7 Å². The number of hydrogen-bond acceptors (Lipinski definition) is 3. The second-order valence-corrected chi connectivity index (χ2v) is 5.00. The van der Waals surface area contributed by atoms with Gasteiger partial charge in [0.2, 0.25) is 0 Å². The van der Waals surface area contributed by atoms with E-state index >= 15 is 0 Å². The lowest BCUT2D eigenvalue weighted by molar-refractivity contribution is 0.190. The van der Waals surface area contributed by atoms with Crippen molar-refractivity contribution in [1.82, 2.24) is 0 Å². The number of aliphatic hydroxyl groups is 1. The molecule has 0 fully saturated rings. The molecule has 0 amide bonds. The molecule has 0 aromatic heterocycles. The van der Waals surface area contributed by atoms with Crippen molar-refractivity contribution in [2.75, 3.05) is 0 Å². The predicted octanol–water partition coefficient (Wildman–Crippen LogP) is 3.98. The molecule has 0 saturated carbocycles. The van der Waals surface area contributed by atoms with E-state index in [0.29, 0.717) is 21.9 Å². The van der Waals surface area contributed by atoms with Crippen molar-refractivity contribution >= 4 is 11.6 Å². The maximum Gasteiger partial charge on any atom is 0.131 e. The maximum absolute atomic E-state index is 13.8. The van der Waals surface area contributed by atoms with Crippen molar-refractivity contribution in [2.24, 2.45) is 0 Å². The van der Waals surface area contributed by atoms with E-state index in [1.807, 2.05) is 6.07 Å². The predicted molar refractivity (Wildman–Crippen MR) is 77.5 cm³/mol. The second-order valence-electron chi connectivity index (χ2n) is 4.56. The molecule has 3 nitrogen and oxygen atoms in total. The third-order valence-electron chi connectivity index (χ3n) is 2.99. The summed E-state index contributed by atoms with van der Waals surface area (Å²) in [5.74, 6) is -0.0558. The quantitative estimate of drug-likeness (QED) is 0.929. The molecule has 2 aromatic carbocycles. The Morgan fingerprint density at radius 2 is 2.10 bits per heavy atom. The highest BCUT2D eigenvalue weighted by Crippen LogP contribution is 2.29. The van der Waals surface area contributed by atoms with Gasteiger partial charge in [-0.2, -0.15) is 5.26 Å². The summed E-state index contributed by atoms with van der Waals surface area (Å²) >= 11 is 5.88. The molecule has 108 valence electrons. The molecule has 0 bridgehead atoms. The van der Waals surface area contributed by atoms with Gasteiger partial charge in [-0.3, -0.25) is 0 Å². The van der Waals surface area contributed by atoms with Crippen molar-refractivity contribution in [2.45, 2.75) is 19.6 Å². The minimum atomic E-state index is -0.746. The van der Waals surface area contributed by atoms with Gasteiger partial charge in [-0.15, -0.1) is 0 Å². The van der Waals surface area contributed by atoms with Crippen LogP contribution in [-0.4, -0.2) is 5.11 Å². The minimum Gasteiger partial charge on any atom is -0.488 e. The molecular formula is C16H13ClFNO2. The molecule has 0 saturated heterocycles. The number of aliphatic hydroxyl groups excluding tert-OH is 1. The lowest BCUT2D eigenvalue weighted by atomic mass is 10.1. The summed E-state index contributed by atoms with van der Waals surface area (Å²) in [6.45, 7) is 1.60. The topological polar surface area (TPSA) is 53.2 Å². The lowest BCUT2D eigenvalue weighted by Gasteiger charge is -2.14. The molecular weight excluding hydrogens is 293 g/mol. The van der Waals surface area contributed by atoms with Crippen LogP contribution in [0.5, 0.6) is 5.75 Å². The van der Waals surface area contributed by atoms with Gasteiger partial charge in [-0.1, -0.05) is 17.7 Å². The van der Waals surface area contributed by atoms with Gasteiger partial charge in [-0.05, 0) is 37.3 Å². The first-order chi connectivity index (χ1) is 10.0. The molecule has 0 aliphatic carbocycles. The van der Waals surface area contributed by atoms with Crippen LogP contribution in [0.25, 0.3) is 0 Å². The Balaban J connectivity index is 2.19. The molecule has 2 aromatic rings. The zero-order chi connectivity index (χ0) is 15.4. The van der Waals surface area contributed by atoms with Crippen LogP contribution >= 0.6 is 11.6 Å². The number of nitriles is 1. The number of ether oxygens (including phenoxy) is 1. The van der Waals surface area contributed by atoms with Gasteiger partial charge >= 0.3 is 0 Å². The van der Waals surface area contributed by atoms with Crippen LogP contribution in [0.15, 0.2) is 36.4 Å². The summed E-state index contributed by atoms with van der Waals surface area (Å²) in [6.07, 6.45) is -0.746. The van der Waals surface area contributed by atoms with Crippen molar-refractivity contribution in [3.8, 4) is 11.8 Å². The monoisotopic (exact) mass is 305 g/mol. The molecule has 2 rings (SSSR count). The van der Waals surface area contributed by atoms with Gasteiger partial charge in [-0.25, -0.2) is 4.39 Å². The first-order valence-corrected chi connectivity index (χ1v) is 6.68. The largest absolute Gasteiger partial charge is 0.488 e. The van der Waals surface area contributed by atoms with E-state index in [9.17, 15) is 9.50 Å². The van der Waals surface area contributed by atoms with Crippen LogP contribution in [0.3, 0.4) is 0 Å². The lowest BCUT2D eigenvalue weighted by Crippen LogP contribution is -2.03. The second kappa shape index (κ2) is 6.57. The summed E-state index contributed by atoms with van der Waals surface area (Å²) in [5, 5.41) is 18.9. The van der Waals surface area contributed by atoms with E-state index in [4.69, 9.17) is 21.6 Å². The zero-order valence-electron chi connectivity index (χ0n) is 11.3. The molecule has 0 aliphatic rings. The molecule has 0 heterocycles. The van der Waals surface area contributed by atoms with E-state index in [-0.39, 0.29) is 12.2 Å². The average Bonchev–Trinajstić information content (AvgIpc) is 2.46. The Kier molecular flexibility index (Phi) is 4.79. The standard InChI is InChI=1S/C16H13ClFNO2/c1-10(20)14-7-13(17)4-5-16(14)21-9-12-3-2-11(8-19)6-15(12)18/h2-7,10,20H,9H2,1H3/t10-/m0/s1. The summed E-state index contributed by atoms with van der Waals surface area (Å²) < 4.78 is 19.3. The first kappa shape index (κ1) is 15.3. The molecule has 0 aliphatic heterocycles. The van der Waals surface area contributed by atoms with Crippen molar-refractivity contribution in [1.29, 1.82) is 5.26 Å². The highest BCUT2D eigenvalue weighted by Gasteiger charge is 2.11. The maximum atomic E-state index is 13.8. The molecule has 1 N–H and O–H groups in total. The third kappa shape index (κ3) is 3.72. The first-order valence-electron chi connectivity index (χ1n) is 6.30. The van der Waals surface area contributed by atoms with E-state index < -0.39 is 11.9 Å². The van der Waals surface area contributed by atoms with Crippen LogP contribution < -0.4 is 4.74 Å². The van der Waals surface area contributed by atoms with Gasteiger partial charge in [0.1, 0.15) is 18.2 Å². The number of hydrogen-bond donors (Lipinski definition) is 1. The molecule has 0 unspecified atom stereocenters. The summed E-state index contributed by atoms with van der Waals surface area (Å²) in [5.41, 5.74) is 1.13. The van der Waals surface area contributed by atoms with Crippen molar-refractivity contribution in [3.05, 3.63) is 63.9 Å². The Hall–Kier alpha value is -2.09. The van der Waals surface area contributed by atoms with Gasteiger partial charge in [0.25, 0.3) is 0 Å². The van der Waals surface area contributed by atoms with Gasteiger partial charge < -0.3 is 9.84 Å². The SMILES string of the molecule is C[C@H](O)c1cc(Cl)ccc1OCc1ccc(C#N)cc1F.